The first-order valence-corrected chi connectivity index (χ1v) is 3.95. The van der Waals surface area contributed by atoms with Gasteiger partial charge in [-0.05, 0) is 6.42 Å². The molecule has 0 saturated heterocycles. The van der Waals surface area contributed by atoms with E-state index in [1.54, 1.807) is 0 Å². The molecule has 0 aliphatic heterocycles. The Morgan fingerprint density at radius 1 is 1.22 bits per heavy atom. The van der Waals surface area contributed by atoms with Crippen molar-refractivity contribution in [3.05, 3.63) is 0 Å². The quantitative estimate of drug-likeness (QED) is 0.243. The molecular formula is C6H10BrNaO. The SMILES string of the molecule is O=[C-]CCCCCBr.[Na+]. The average molecular weight is 201 g/mol. The summed E-state index contributed by atoms with van der Waals surface area (Å²) >= 11 is 3.30. The fourth-order valence-electron chi connectivity index (χ4n) is 0.468. The zero-order chi connectivity index (χ0) is 6.24. The molecule has 0 aromatic heterocycles. The monoisotopic (exact) mass is 200 g/mol. The van der Waals surface area contributed by atoms with E-state index in [2.05, 4.69) is 15.9 Å². The van der Waals surface area contributed by atoms with Crippen LogP contribution in [0.4, 0.5) is 0 Å². The van der Waals surface area contributed by atoms with E-state index in [9.17, 15) is 4.79 Å². The minimum absolute atomic E-state index is 0. The molecule has 0 atom stereocenters. The first kappa shape index (κ1) is 12.8. The van der Waals surface area contributed by atoms with Crippen molar-refractivity contribution in [2.45, 2.75) is 25.7 Å². The van der Waals surface area contributed by atoms with Crippen LogP contribution in [0.2, 0.25) is 0 Å². The summed E-state index contributed by atoms with van der Waals surface area (Å²) in [5.41, 5.74) is 0. The summed E-state index contributed by atoms with van der Waals surface area (Å²) < 4.78 is 0. The largest absolute Gasteiger partial charge is 1.00 e. The molecule has 0 bridgehead atoms. The molecule has 0 aliphatic rings. The fraction of sp³-hybridized carbons (Fsp3) is 0.833. The smallest absolute Gasteiger partial charge is 0.542 e. The predicted molar refractivity (Wildman–Crippen MR) is 38.0 cm³/mol. The molecule has 0 unspecified atom stereocenters. The van der Waals surface area contributed by atoms with Crippen LogP contribution in [0.5, 0.6) is 0 Å². The Kier molecular flexibility index (Phi) is 16.9. The first-order chi connectivity index (χ1) is 3.91. The normalized spacial score (nSPS) is 8.11. The maximum absolute atomic E-state index is 9.63. The van der Waals surface area contributed by atoms with E-state index in [0.717, 1.165) is 18.2 Å². The van der Waals surface area contributed by atoms with Crippen LogP contribution in [0.3, 0.4) is 0 Å². The molecule has 1 nitrogen and oxygen atoms in total. The van der Waals surface area contributed by atoms with Gasteiger partial charge in [-0.3, -0.25) is 6.29 Å². The Hall–Kier alpha value is 1.15. The maximum Gasteiger partial charge on any atom is 1.00 e. The van der Waals surface area contributed by atoms with Gasteiger partial charge in [-0.2, -0.15) is 6.42 Å². The van der Waals surface area contributed by atoms with E-state index < -0.39 is 0 Å². The summed E-state index contributed by atoms with van der Waals surface area (Å²) in [4.78, 5) is 9.63. The number of rotatable bonds is 5. The van der Waals surface area contributed by atoms with Crippen LogP contribution in [-0.4, -0.2) is 11.6 Å². The number of halogens is 1. The van der Waals surface area contributed by atoms with Gasteiger partial charge in [0.05, 0.1) is 0 Å². The zero-order valence-electron chi connectivity index (χ0n) is 5.82. The van der Waals surface area contributed by atoms with Crippen LogP contribution in [-0.2, 0) is 4.79 Å². The molecule has 0 fully saturated rings. The first-order valence-electron chi connectivity index (χ1n) is 2.82. The number of hydrogen-bond acceptors (Lipinski definition) is 1. The van der Waals surface area contributed by atoms with Gasteiger partial charge in [0, 0.05) is 5.33 Å². The second kappa shape index (κ2) is 11.9. The molecular weight excluding hydrogens is 191 g/mol. The van der Waals surface area contributed by atoms with Crippen LogP contribution in [0.1, 0.15) is 25.7 Å². The van der Waals surface area contributed by atoms with Gasteiger partial charge in [-0.15, -0.1) is 0 Å². The minimum Gasteiger partial charge on any atom is -0.542 e. The van der Waals surface area contributed by atoms with Crippen molar-refractivity contribution in [2.24, 2.45) is 0 Å². The van der Waals surface area contributed by atoms with Crippen molar-refractivity contribution < 1.29 is 34.4 Å². The molecule has 0 N–H and O–H groups in total. The summed E-state index contributed by atoms with van der Waals surface area (Å²) in [7, 11) is 0. The van der Waals surface area contributed by atoms with E-state index in [0.29, 0.717) is 6.42 Å². The van der Waals surface area contributed by atoms with E-state index in [-0.39, 0.29) is 29.6 Å². The topological polar surface area (TPSA) is 17.1 Å². The van der Waals surface area contributed by atoms with Crippen molar-refractivity contribution in [1.82, 2.24) is 0 Å². The van der Waals surface area contributed by atoms with Crippen LogP contribution in [0, 0.1) is 0 Å². The van der Waals surface area contributed by atoms with Crippen molar-refractivity contribution in [3.63, 3.8) is 0 Å². The molecule has 0 rings (SSSR count). The summed E-state index contributed by atoms with van der Waals surface area (Å²) in [5.74, 6) is 0. The van der Waals surface area contributed by atoms with Crippen LogP contribution in [0.25, 0.3) is 0 Å². The molecule has 0 aromatic rings. The number of unbranched alkanes of at least 4 members (excludes halogenated alkanes) is 3. The van der Waals surface area contributed by atoms with E-state index in [1.807, 2.05) is 6.29 Å². The Morgan fingerprint density at radius 3 is 2.33 bits per heavy atom. The number of carbonyl (C=O) groups excluding carboxylic acids is 1. The Bertz CT molecular complexity index is 59.0. The van der Waals surface area contributed by atoms with Crippen LogP contribution in [0.15, 0.2) is 0 Å². The molecule has 0 saturated carbocycles. The van der Waals surface area contributed by atoms with Crippen molar-refractivity contribution in [1.29, 1.82) is 0 Å². The summed E-state index contributed by atoms with van der Waals surface area (Å²) in [6.45, 7) is 0. The zero-order valence-corrected chi connectivity index (χ0v) is 9.41. The van der Waals surface area contributed by atoms with Gasteiger partial charge in [0.15, 0.2) is 0 Å². The summed E-state index contributed by atoms with van der Waals surface area (Å²) in [5, 5.41) is 1.05. The molecule has 0 aliphatic carbocycles. The average Bonchev–Trinajstić information content (AvgIpc) is 1.81. The molecule has 0 heterocycles. The summed E-state index contributed by atoms with van der Waals surface area (Å²) in [6.07, 6.45) is 5.77. The molecule has 48 valence electrons. The third kappa shape index (κ3) is 12.4. The molecule has 0 spiro atoms. The molecule has 9 heavy (non-hydrogen) atoms. The Balaban J connectivity index is 0. The standard InChI is InChI=1S/C6H10BrO.Na/c7-5-3-1-2-4-6-8;/h1-5H2;/q-1;+1. The van der Waals surface area contributed by atoms with Crippen molar-refractivity contribution >= 4 is 22.2 Å². The second-order valence-corrected chi connectivity index (χ2v) is 2.44. The third-order valence-corrected chi connectivity index (χ3v) is 1.47. The Morgan fingerprint density at radius 2 is 1.89 bits per heavy atom. The molecule has 0 radical (unpaired) electrons. The summed E-state index contributed by atoms with van der Waals surface area (Å²) in [6, 6.07) is 0. The van der Waals surface area contributed by atoms with E-state index in [1.165, 1.54) is 6.42 Å². The fourth-order valence-corrected chi connectivity index (χ4v) is 0.865. The second-order valence-electron chi connectivity index (χ2n) is 1.64. The van der Waals surface area contributed by atoms with Gasteiger partial charge in [0.1, 0.15) is 0 Å². The van der Waals surface area contributed by atoms with Crippen LogP contribution >= 0.6 is 15.9 Å². The maximum atomic E-state index is 9.63. The predicted octanol–water partition coefficient (Wildman–Crippen LogP) is -0.945. The van der Waals surface area contributed by atoms with Gasteiger partial charge < -0.3 is 4.79 Å². The van der Waals surface area contributed by atoms with Crippen molar-refractivity contribution in [2.75, 3.05) is 5.33 Å². The molecule has 0 amide bonds. The van der Waals surface area contributed by atoms with E-state index >= 15 is 0 Å². The van der Waals surface area contributed by atoms with Crippen LogP contribution < -0.4 is 29.6 Å². The van der Waals surface area contributed by atoms with Crippen molar-refractivity contribution in [3.8, 4) is 0 Å². The van der Waals surface area contributed by atoms with Gasteiger partial charge in [-0.25, -0.2) is 0 Å². The number of alkyl halides is 1. The Labute approximate surface area is 87.0 Å². The van der Waals surface area contributed by atoms with Gasteiger partial charge >= 0.3 is 29.6 Å². The van der Waals surface area contributed by atoms with E-state index in [4.69, 9.17) is 0 Å². The number of hydrogen-bond donors (Lipinski definition) is 0. The van der Waals surface area contributed by atoms with Gasteiger partial charge in [-0.1, -0.05) is 28.8 Å². The minimum atomic E-state index is 0. The molecule has 3 heteroatoms. The van der Waals surface area contributed by atoms with Gasteiger partial charge in [0.25, 0.3) is 0 Å². The third-order valence-electron chi connectivity index (χ3n) is 0.912. The van der Waals surface area contributed by atoms with Gasteiger partial charge in [0.2, 0.25) is 0 Å². The molecule has 0 aromatic carbocycles.